The van der Waals surface area contributed by atoms with Crippen molar-refractivity contribution in [3.8, 4) is 0 Å². The highest BCUT2D eigenvalue weighted by Gasteiger charge is 2.34. The Hall–Kier alpha value is -0.138. The molecule has 0 aliphatic rings. The summed E-state index contributed by atoms with van der Waals surface area (Å²) in [5.41, 5.74) is 0.460. The van der Waals surface area contributed by atoms with Gasteiger partial charge in [-0.2, -0.15) is 0 Å². The summed E-state index contributed by atoms with van der Waals surface area (Å²) in [6, 6.07) is 0. The van der Waals surface area contributed by atoms with Crippen LogP contribution in [0.3, 0.4) is 0 Å². The standard InChI is InChI=1S/C10H21BO4Si/c1-8-16(11,14-12-9(2,3)4)15-13-10(5,6)7/h8H,1H2,2-7H3. The van der Waals surface area contributed by atoms with E-state index in [2.05, 4.69) is 6.58 Å². The van der Waals surface area contributed by atoms with Crippen molar-refractivity contribution in [2.75, 3.05) is 0 Å². The van der Waals surface area contributed by atoms with Crippen molar-refractivity contribution in [1.82, 2.24) is 0 Å². The van der Waals surface area contributed by atoms with Crippen molar-refractivity contribution in [2.45, 2.75) is 52.7 Å². The molecule has 0 aromatic heterocycles. The maximum Gasteiger partial charge on any atom is 0.375 e. The summed E-state index contributed by atoms with van der Waals surface area (Å²) in [7, 11) is 2.71. The summed E-state index contributed by atoms with van der Waals surface area (Å²) in [6.45, 7) is 14.6. The molecule has 92 valence electrons. The summed E-state index contributed by atoms with van der Waals surface area (Å²) >= 11 is 0. The van der Waals surface area contributed by atoms with E-state index in [1.165, 1.54) is 5.70 Å². The lowest BCUT2D eigenvalue weighted by Crippen LogP contribution is -2.45. The molecule has 0 amide bonds. The van der Waals surface area contributed by atoms with E-state index in [4.69, 9.17) is 26.4 Å². The molecule has 0 bridgehead atoms. The van der Waals surface area contributed by atoms with Gasteiger partial charge in [0.2, 0.25) is 0 Å². The van der Waals surface area contributed by atoms with Crippen LogP contribution >= 0.6 is 0 Å². The van der Waals surface area contributed by atoms with Gasteiger partial charge >= 0.3 is 8.43 Å². The largest absolute Gasteiger partial charge is 0.375 e. The predicted molar refractivity (Wildman–Crippen MR) is 65.6 cm³/mol. The highest BCUT2D eigenvalue weighted by Crippen LogP contribution is 2.16. The van der Waals surface area contributed by atoms with Crippen molar-refractivity contribution in [1.29, 1.82) is 0 Å². The van der Waals surface area contributed by atoms with Crippen LogP contribution < -0.4 is 0 Å². The minimum atomic E-state index is -3.12. The fourth-order valence-electron chi connectivity index (χ4n) is 0.462. The summed E-state index contributed by atoms with van der Waals surface area (Å²) in [4.78, 5) is 10.2. The Bertz CT molecular complexity index is 214. The summed E-state index contributed by atoms with van der Waals surface area (Å²) in [5.74, 6) is 0. The van der Waals surface area contributed by atoms with Crippen molar-refractivity contribution >= 4 is 15.9 Å². The molecule has 16 heavy (non-hydrogen) atoms. The molecule has 4 nitrogen and oxygen atoms in total. The van der Waals surface area contributed by atoms with Gasteiger partial charge in [0, 0.05) is 0 Å². The molecule has 0 fully saturated rings. The van der Waals surface area contributed by atoms with Gasteiger partial charge in [0.05, 0.1) is 11.2 Å². The molecule has 0 rings (SSSR count). The molecule has 0 unspecified atom stereocenters. The van der Waals surface area contributed by atoms with Crippen molar-refractivity contribution in [3.63, 3.8) is 0 Å². The van der Waals surface area contributed by atoms with E-state index >= 15 is 0 Å². The fraction of sp³-hybridized carbons (Fsp3) is 0.800. The molecule has 0 heterocycles. The first-order valence-corrected chi connectivity index (χ1v) is 7.11. The van der Waals surface area contributed by atoms with E-state index in [1.54, 1.807) is 0 Å². The molecule has 0 atom stereocenters. The van der Waals surface area contributed by atoms with Gasteiger partial charge in [-0.3, -0.25) is 9.15 Å². The zero-order valence-electron chi connectivity index (χ0n) is 11.0. The molecular formula is C10H21BO4Si. The third-order valence-electron chi connectivity index (χ3n) is 1.13. The summed E-state index contributed by atoms with van der Waals surface area (Å²) < 4.78 is 10.2. The maximum atomic E-state index is 5.84. The van der Waals surface area contributed by atoms with Crippen LogP contribution in [-0.4, -0.2) is 27.1 Å². The first kappa shape index (κ1) is 15.9. The van der Waals surface area contributed by atoms with Gasteiger partial charge in [-0.1, -0.05) is 5.70 Å². The summed E-state index contributed by atoms with van der Waals surface area (Å²) in [6.07, 6.45) is 0. The molecule has 0 aromatic rings. The zero-order valence-corrected chi connectivity index (χ0v) is 12.0. The van der Waals surface area contributed by atoms with Gasteiger partial charge < -0.3 is 0 Å². The van der Waals surface area contributed by atoms with E-state index in [9.17, 15) is 0 Å². The minimum absolute atomic E-state index is 0.467. The normalized spacial score (nSPS) is 13.9. The topological polar surface area (TPSA) is 36.9 Å². The van der Waals surface area contributed by atoms with Crippen LogP contribution in [0.5, 0.6) is 0 Å². The summed E-state index contributed by atoms with van der Waals surface area (Å²) in [5, 5.41) is 0. The third-order valence-corrected chi connectivity index (χ3v) is 2.39. The van der Waals surface area contributed by atoms with E-state index in [-0.39, 0.29) is 0 Å². The molecule has 0 aliphatic carbocycles. The zero-order chi connectivity index (χ0) is 13.0. The highest BCUT2D eigenvalue weighted by molar-refractivity contribution is 7.12. The molecule has 0 N–H and O–H groups in total. The van der Waals surface area contributed by atoms with Gasteiger partial charge in [-0.15, -0.1) is 6.58 Å². The highest BCUT2D eigenvalue weighted by atomic mass is 28.4. The van der Waals surface area contributed by atoms with Crippen LogP contribution in [-0.2, 0) is 18.9 Å². The molecule has 0 aromatic carbocycles. The van der Waals surface area contributed by atoms with Crippen molar-refractivity contribution in [2.24, 2.45) is 0 Å². The van der Waals surface area contributed by atoms with Gasteiger partial charge in [0.25, 0.3) is 0 Å². The van der Waals surface area contributed by atoms with Gasteiger partial charge in [-0.25, -0.2) is 9.78 Å². The number of rotatable bonds is 5. The van der Waals surface area contributed by atoms with E-state index in [1.807, 2.05) is 41.5 Å². The molecular weight excluding hydrogens is 223 g/mol. The minimum Gasteiger partial charge on any atom is -0.254 e. The second kappa shape index (κ2) is 5.46. The van der Waals surface area contributed by atoms with Crippen LogP contribution in [0, 0.1) is 0 Å². The van der Waals surface area contributed by atoms with E-state index in [0.717, 1.165) is 0 Å². The van der Waals surface area contributed by atoms with Crippen molar-refractivity contribution in [3.05, 3.63) is 12.3 Å². The van der Waals surface area contributed by atoms with Crippen LogP contribution in [0.15, 0.2) is 12.3 Å². The Morgan fingerprint density at radius 3 is 1.44 bits per heavy atom. The lowest BCUT2D eigenvalue weighted by atomic mass is 10.2. The smallest absolute Gasteiger partial charge is 0.254 e. The monoisotopic (exact) mass is 244 g/mol. The molecule has 0 spiro atoms. The van der Waals surface area contributed by atoms with Crippen LogP contribution in [0.2, 0.25) is 0 Å². The second-order valence-corrected chi connectivity index (χ2v) is 7.67. The molecule has 2 radical (unpaired) electrons. The first-order valence-electron chi connectivity index (χ1n) is 5.14. The molecule has 0 saturated carbocycles. The first-order chi connectivity index (χ1) is 6.97. The lowest BCUT2D eigenvalue weighted by Gasteiger charge is -2.29. The maximum absolute atomic E-state index is 5.84. The average molecular weight is 244 g/mol. The van der Waals surface area contributed by atoms with Crippen LogP contribution in [0.4, 0.5) is 0 Å². The van der Waals surface area contributed by atoms with Gasteiger partial charge in [0.1, 0.15) is 7.44 Å². The van der Waals surface area contributed by atoms with Crippen LogP contribution in [0.25, 0.3) is 0 Å². The molecule has 0 aliphatic heterocycles. The van der Waals surface area contributed by atoms with Crippen LogP contribution in [0.1, 0.15) is 41.5 Å². The Morgan fingerprint density at radius 2 is 1.25 bits per heavy atom. The third kappa shape index (κ3) is 8.07. The second-order valence-electron chi connectivity index (χ2n) is 5.48. The Morgan fingerprint density at radius 1 is 0.938 bits per heavy atom. The Kier molecular flexibility index (Phi) is 5.42. The average Bonchev–Trinajstić information content (AvgIpc) is 2.09. The van der Waals surface area contributed by atoms with Gasteiger partial charge in [-0.05, 0) is 41.5 Å². The van der Waals surface area contributed by atoms with E-state index in [0.29, 0.717) is 0 Å². The predicted octanol–water partition coefficient (Wildman–Crippen LogP) is 2.31. The fourth-order valence-corrected chi connectivity index (χ4v) is 1.39. The van der Waals surface area contributed by atoms with Crippen molar-refractivity contribution < 1.29 is 18.9 Å². The SMILES string of the molecule is [B][Si](C=C)(OOC(C)(C)C)OOC(C)(C)C. The quantitative estimate of drug-likeness (QED) is 0.422. The Labute approximate surface area is 100 Å². The van der Waals surface area contributed by atoms with Gasteiger partial charge in [0.15, 0.2) is 0 Å². The number of hydrogen-bond donors (Lipinski definition) is 0. The lowest BCUT2D eigenvalue weighted by molar-refractivity contribution is -0.341. The number of hydrogen-bond acceptors (Lipinski definition) is 4. The molecule has 6 heteroatoms. The Balaban J connectivity index is 4.27. The van der Waals surface area contributed by atoms with E-state index < -0.39 is 19.6 Å². The molecule has 0 saturated heterocycles.